The molecule has 4 heteroatoms. The Morgan fingerprint density at radius 1 is 0.821 bits per heavy atom. The van der Waals surface area contributed by atoms with Gasteiger partial charge in [0.25, 0.3) is 6.29 Å². The molecule has 4 rings (SSSR count). The highest BCUT2D eigenvalue weighted by Gasteiger charge is 2.18. The highest BCUT2D eigenvalue weighted by atomic mass is 16.7. The highest BCUT2D eigenvalue weighted by Crippen LogP contribution is 2.31. The van der Waals surface area contributed by atoms with E-state index in [1.54, 1.807) is 12.1 Å². The number of rotatable bonds is 6. The molecule has 0 aliphatic carbocycles. The molecule has 4 nitrogen and oxygen atoms in total. The number of aldehydes is 1. The fourth-order valence-electron chi connectivity index (χ4n) is 3.22. The van der Waals surface area contributed by atoms with Gasteiger partial charge in [0.15, 0.2) is 5.78 Å². The average molecular weight is 370 g/mol. The molecular weight excluding hydrogens is 352 g/mol. The molecule has 0 amide bonds. The summed E-state index contributed by atoms with van der Waals surface area (Å²) in [6.07, 6.45) is -0.592. The van der Waals surface area contributed by atoms with E-state index in [2.05, 4.69) is 0 Å². The van der Waals surface area contributed by atoms with Crippen molar-refractivity contribution in [3.63, 3.8) is 0 Å². The van der Waals surface area contributed by atoms with E-state index in [0.29, 0.717) is 23.3 Å². The van der Waals surface area contributed by atoms with Crippen molar-refractivity contribution in [3.05, 3.63) is 84.4 Å². The summed E-state index contributed by atoms with van der Waals surface area (Å²) in [6, 6.07) is 24.5. The Morgan fingerprint density at radius 2 is 1.50 bits per heavy atom. The summed E-state index contributed by atoms with van der Waals surface area (Å²) in [6.45, 7) is 1.47. The van der Waals surface area contributed by atoms with Gasteiger partial charge in [-0.2, -0.15) is 0 Å². The standard InChI is InChI=1S/C24H18O4/c1-16(26)21-13-11-18-7-4-5-9-22(18)24(21)28-23(15-25)27-20-12-10-17-6-2-3-8-19(17)14-20/h2-15,23H,1H3. The second-order valence-electron chi connectivity index (χ2n) is 6.47. The van der Waals surface area contributed by atoms with Crippen LogP contribution in [-0.4, -0.2) is 18.4 Å². The van der Waals surface area contributed by atoms with E-state index in [0.717, 1.165) is 21.5 Å². The zero-order valence-electron chi connectivity index (χ0n) is 15.3. The van der Waals surface area contributed by atoms with Gasteiger partial charge in [-0.1, -0.05) is 60.7 Å². The van der Waals surface area contributed by atoms with Gasteiger partial charge in [0.05, 0.1) is 5.56 Å². The van der Waals surface area contributed by atoms with Crippen LogP contribution in [0, 0.1) is 0 Å². The third-order valence-electron chi connectivity index (χ3n) is 4.58. The molecule has 138 valence electrons. The van der Waals surface area contributed by atoms with Crippen LogP contribution in [0.5, 0.6) is 11.5 Å². The zero-order chi connectivity index (χ0) is 19.5. The van der Waals surface area contributed by atoms with Gasteiger partial charge in [-0.25, -0.2) is 0 Å². The molecule has 0 N–H and O–H groups in total. The lowest BCUT2D eigenvalue weighted by Gasteiger charge is -2.19. The molecule has 4 aromatic carbocycles. The van der Waals surface area contributed by atoms with Gasteiger partial charge in [0.1, 0.15) is 11.5 Å². The van der Waals surface area contributed by atoms with Gasteiger partial charge in [0.2, 0.25) is 6.29 Å². The number of hydrogen-bond acceptors (Lipinski definition) is 4. The minimum absolute atomic E-state index is 0.142. The Balaban J connectivity index is 1.68. The lowest BCUT2D eigenvalue weighted by molar-refractivity contribution is -0.124. The van der Waals surface area contributed by atoms with Gasteiger partial charge in [-0.05, 0) is 41.3 Å². The molecular formula is C24H18O4. The van der Waals surface area contributed by atoms with Crippen LogP contribution < -0.4 is 9.47 Å². The first kappa shape index (κ1) is 17.7. The molecule has 0 aliphatic heterocycles. The minimum atomic E-state index is -1.18. The number of carbonyl (C=O) groups excluding carboxylic acids is 2. The number of carbonyl (C=O) groups is 2. The van der Waals surface area contributed by atoms with Crippen molar-refractivity contribution in [3.8, 4) is 11.5 Å². The Hall–Kier alpha value is -3.66. The fraction of sp³-hybridized carbons (Fsp3) is 0.0833. The molecule has 4 aromatic rings. The smallest absolute Gasteiger partial charge is 0.297 e. The molecule has 1 unspecified atom stereocenters. The first-order valence-corrected chi connectivity index (χ1v) is 8.96. The summed E-state index contributed by atoms with van der Waals surface area (Å²) in [5.74, 6) is 0.722. The maximum absolute atomic E-state index is 12.1. The summed E-state index contributed by atoms with van der Waals surface area (Å²) in [7, 11) is 0. The molecule has 0 saturated carbocycles. The lowest BCUT2D eigenvalue weighted by atomic mass is 10.0. The fourth-order valence-corrected chi connectivity index (χ4v) is 3.22. The first-order valence-electron chi connectivity index (χ1n) is 8.96. The van der Waals surface area contributed by atoms with Crippen LogP contribution in [-0.2, 0) is 4.79 Å². The third-order valence-corrected chi connectivity index (χ3v) is 4.58. The van der Waals surface area contributed by atoms with Crippen molar-refractivity contribution in [2.24, 2.45) is 0 Å². The zero-order valence-corrected chi connectivity index (χ0v) is 15.3. The largest absolute Gasteiger partial charge is 0.448 e. The minimum Gasteiger partial charge on any atom is -0.448 e. The third kappa shape index (κ3) is 3.45. The monoisotopic (exact) mass is 370 g/mol. The number of Topliss-reactive ketones (excluding diaryl/α,β-unsaturated/α-hetero) is 1. The van der Waals surface area contributed by atoms with Crippen LogP contribution in [0.4, 0.5) is 0 Å². The van der Waals surface area contributed by atoms with Crippen molar-refractivity contribution in [2.75, 3.05) is 0 Å². The van der Waals surface area contributed by atoms with Crippen LogP contribution in [0.3, 0.4) is 0 Å². The molecule has 0 saturated heterocycles. The quantitative estimate of drug-likeness (QED) is 0.267. The maximum Gasteiger partial charge on any atom is 0.297 e. The second kappa shape index (κ2) is 7.53. The second-order valence-corrected chi connectivity index (χ2v) is 6.47. The molecule has 0 spiro atoms. The Kier molecular flexibility index (Phi) is 4.77. The SMILES string of the molecule is CC(=O)c1ccc2ccccc2c1OC(C=O)Oc1ccc2ccccc2c1. The molecule has 0 bridgehead atoms. The first-order chi connectivity index (χ1) is 13.7. The van der Waals surface area contributed by atoms with E-state index in [4.69, 9.17) is 9.47 Å². The number of hydrogen-bond donors (Lipinski definition) is 0. The van der Waals surface area contributed by atoms with Crippen molar-refractivity contribution >= 4 is 33.6 Å². The van der Waals surface area contributed by atoms with Gasteiger partial charge in [-0.15, -0.1) is 0 Å². The predicted octanol–water partition coefficient (Wildman–Crippen LogP) is 5.18. The molecule has 1 atom stereocenters. The maximum atomic E-state index is 12.1. The van der Waals surface area contributed by atoms with Crippen LogP contribution in [0.25, 0.3) is 21.5 Å². The van der Waals surface area contributed by atoms with E-state index in [1.807, 2.05) is 66.7 Å². The van der Waals surface area contributed by atoms with Crippen LogP contribution in [0.1, 0.15) is 17.3 Å². The number of ether oxygens (including phenoxy) is 2. The van der Waals surface area contributed by atoms with Crippen molar-refractivity contribution in [1.82, 2.24) is 0 Å². The summed E-state index contributed by atoms with van der Waals surface area (Å²) < 4.78 is 11.6. The highest BCUT2D eigenvalue weighted by molar-refractivity contribution is 6.03. The molecule has 0 radical (unpaired) electrons. The summed E-state index contributed by atoms with van der Waals surface area (Å²) in [5.41, 5.74) is 0.410. The van der Waals surface area contributed by atoms with Crippen LogP contribution in [0.2, 0.25) is 0 Å². The number of ketones is 1. The van der Waals surface area contributed by atoms with Crippen molar-refractivity contribution < 1.29 is 19.1 Å². The Bertz CT molecular complexity index is 1180. The van der Waals surface area contributed by atoms with Gasteiger partial charge in [-0.3, -0.25) is 9.59 Å². The van der Waals surface area contributed by atoms with E-state index >= 15 is 0 Å². The van der Waals surface area contributed by atoms with Crippen LogP contribution in [0.15, 0.2) is 78.9 Å². The molecule has 28 heavy (non-hydrogen) atoms. The molecule has 0 aromatic heterocycles. The average Bonchev–Trinajstić information content (AvgIpc) is 2.73. The van der Waals surface area contributed by atoms with Crippen LogP contribution >= 0.6 is 0 Å². The predicted molar refractivity (Wildman–Crippen MR) is 109 cm³/mol. The summed E-state index contributed by atoms with van der Waals surface area (Å²) >= 11 is 0. The van der Waals surface area contributed by atoms with Gasteiger partial charge in [0, 0.05) is 5.39 Å². The van der Waals surface area contributed by atoms with E-state index in [1.165, 1.54) is 6.92 Å². The number of benzene rings is 4. The van der Waals surface area contributed by atoms with E-state index in [-0.39, 0.29) is 5.78 Å². The number of fused-ring (bicyclic) bond motifs is 2. The normalized spacial score (nSPS) is 11.9. The lowest BCUT2D eigenvalue weighted by Crippen LogP contribution is -2.26. The van der Waals surface area contributed by atoms with E-state index in [9.17, 15) is 9.59 Å². The van der Waals surface area contributed by atoms with Gasteiger partial charge < -0.3 is 9.47 Å². The molecule has 0 heterocycles. The molecule has 0 fully saturated rings. The Morgan fingerprint density at radius 3 is 2.25 bits per heavy atom. The van der Waals surface area contributed by atoms with E-state index < -0.39 is 6.29 Å². The topological polar surface area (TPSA) is 52.6 Å². The Labute approximate surface area is 162 Å². The summed E-state index contributed by atoms with van der Waals surface area (Å²) in [4.78, 5) is 23.7. The van der Waals surface area contributed by atoms with Crippen molar-refractivity contribution in [2.45, 2.75) is 13.2 Å². The molecule has 0 aliphatic rings. The van der Waals surface area contributed by atoms with Gasteiger partial charge >= 0.3 is 0 Å². The van der Waals surface area contributed by atoms with Crippen molar-refractivity contribution in [1.29, 1.82) is 0 Å². The summed E-state index contributed by atoms with van der Waals surface area (Å²) in [5, 5.41) is 3.74.